The van der Waals surface area contributed by atoms with Crippen LogP contribution < -0.4 is 10.2 Å². The van der Waals surface area contributed by atoms with Crippen molar-refractivity contribution in [2.24, 2.45) is 7.05 Å². The van der Waals surface area contributed by atoms with Crippen LogP contribution in [0, 0.1) is 6.92 Å². The van der Waals surface area contributed by atoms with Gasteiger partial charge in [-0.15, -0.1) is 0 Å². The van der Waals surface area contributed by atoms with Gasteiger partial charge in [0.1, 0.15) is 5.52 Å². The van der Waals surface area contributed by atoms with Crippen molar-refractivity contribution in [3.8, 4) is 0 Å². The summed E-state index contributed by atoms with van der Waals surface area (Å²) in [6.07, 6.45) is 1.77. The number of ether oxygens (including phenoxy) is 1. The molecule has 1 aliphatic rings. The van der Waals surface area contributed by atoms with Gasteiger partial charge >= 0.3 is 5.97 Å². The van der Waals surface area contributed by atoms with Crippen molar-refractivity contribution in [2.75, 3.05) is 43.0 Å². The summed E-state index contributed by atoms with van der Waals surface area (Å²) in [5.41, 5.74) is 4.73. The van der Waals surface area contributed by atoms with E-state index in [1.807, 2.05) is 18.5 Å². The second-order valence-electron chi connectivity index (χ2n) is 11.3. The Morgan fingerprint density at radius 1 is 1.19 bits per heavy atom. The lowest BCUT2D eigenvalue weighted by molar-refractivity contribution is -0.146. The lowest BCUT2D eigenvalue weighted by atomic mass is 9.86. The Kier molecular flexibility index (Phi) is 6.96. The molecular weight excluding hydrogens is 454 g/mol. The highest BCUT2D eigenvalue weighted by molar-refractivity contribution is 5.87. The fraction of sp³-hybridized carbons (Fsp3) is 0.556. The van der Waals surface area contributed by atoms with Crippen molar-refractivity contribution in [3.63, 3.8) is 0 Å². The van der Waals surface area contributed by atoms with E-state index in [0.717, 1.165) is 22.6 Å². The van der Waals surface area contributed by atoms with Crippen molar-refractivity contribution >= 4 is 34.6 Å². The molecule has 1 N–H and O–H groups in total. The molecule has 0 radical (unpaired) electrons. The molecule has 0 atom stereocenters. The maximum atomic E-state index is 12.1. The highest BCUT2D eigenvalue weighted by Gasteiger charge is 2.36. The monoisotopic (exact) mass is 493 g/mol. The van der Waals surface area contributed by atoms with E-state index in [1.54, 1.807) is 6.33 Å². The Hall–Kier alpha value is -3.20. The fourth-order valence-corrected chi connectivity index (χ4v) is 4.64. The molecule has 1 aromatic carbocycles. The van der Waals surface area contributed by atoms with Gasteiger partial charge in [0.15, 0.2) is 11.5 Å². The first-order chi connectivity index (χ1) is 16.9. The van der Waals surface area contributed by atoms with Crippen LogP contribution in [-0.2, 0) is 22.0 Å². The first-order valence-corrected chi connectivity index (χ1v) is 12.6. The number of carbonyl (C=O) groups excluding carboxylic acids is 1. The van der Waals surface area contributed by atoms with Gasteiger partial charge in [-0.05, 0) is 50.3 Å². The average molecular weight is 494 g/mol. The number of hydrogen-bond donors (Lipinski definition) is 1. The van der Waals surface area contributed by atoms with Crippen molar-refractivity contribution in [1.82, 2.24) is 24.4 Å². The number of piperazine rings is 1. The summed E-state index contributed by atoms with van der Waals surface area (Å²) in [5.74, 6) is 1.18. The number of aromatic nitrogens is 4. The number of benzene rings is 1. The van der Waals surface area contributed by atoms with Crippen molar-refractivity contribution in [2.45, 2.75) is 59.4 Å². The first kappa shape index (κ1) is 25.9. The molecular formula is C27H39N7O2. The lowest BCUT2D eigenvalue weighted by Crippen LogP contribution is -2.60. The molecule has 0 saturated carbocycles. The number of esters is 1. The van der Waals surface area contributed by atoms with Crippen LogP contribution in [-0.4, -0.2) is 68.7 Å². The molecule has 0 aliphatic carbocycles. The lowest BCUT2D eigenvalue weighted by Gasteiger charge is -2.46. The molecule has 36 heavy (non-hydrogen) atoms. The third-order valence-corrected chi connectivity index (χ3v) is 6.90. The van der Waals surface area contributed by atoms with Crippen LogP contribution in [0.3, 0.4) is 0 Å². The molecule has 3 heterocycles. The molecule has 0 unspecified atom stereocenters. The minimum atomic E-state index is -0.251. The SMILES string of the molecule is CCOC(=O)CN1CCN(c2nc(Nc3cc(C(C)(C)C)ccc3C)c3c(ncn3C)n2)CC1(C)C. The molecule has 9 heteroatoms. The molecule has 1 aliphatic heterocycles. The quantitative estimate of drug-likeness (QED) is 0.512. The number of carbonyl (C=O) groups is 1. The summed E-state index contributed by atoms with van der Waals surface area (Å²) < 4.78 is 7.12. The van der Waals surface area contributed by atoms with Crippen LogP contribution >= 0.6 is 0 Å². The summed E-state index contributed by atoms with van der Waals surface area (Å²) in [4.78, 5) is 30.8. The number of imidazole rings is 1. The predicted molar refractivity (Wildman–Crippen MR) is 144 cm³/mol. The van der Waals surface area contributed by atoms with Gasteiger partial charge < -0.3 is 19.5 Å². The zero-order chi connectivity index (χ0) is 26.3. The third kappa shape index (κ3) is 5.31. The Balaban J connectivity index is 1.66. The van der Waals surface area contributed by atoms with E-state index in [9.17, 15) is 4.79 Å². The minimum absolute atomic E-state index is 0.0393. The maximum absolute atomic E-state index is 12.1. The van der Waals surface area contributed by atoms with Crippen LogP contribution in [0.1, 0.15) is 52.7 Å². The molecule has 1 saturated heterocycles. The number of aryl methyl sites for hydroxylation is 2. The Labute approximate surface area is 213 Å². The van der Waals surface area contributed by atoms with Gasteiger partial charge in [-0.2, -0.15) is 9.97 Å². The minimum Gasteiger partial charge on any atom is -0.465 e. The largest absolute Gasteiger partial charge is 0.465 e. The molecule has 3 aromatic rings. The van der Waals surface area contributed by atoms with Gasteiger partial charge in [0.05, 0.1) is 19.5 Å². The zero-order valence-electron chi connectivity index (χ0n) is 22.8. The van der Waals surface area contributed by atoms with Crippen molar-refractivity contribution in [1.29, 1.82) is 0 Å². The van der Waals surface area contributed by atoms with Gasteiger partial charge in [-0.25, -0.2) is 4.98 Å². The highest BCUT2D eigenvalue weighted by Crippen LogP contribution is 2.32. The summed E-state index contributed by atoms with van der Waals surface area (Å²) in [7, 11) is 1.96. The highest BCUT2D eigenvalue weighted by atomic mass is 16.5. The van der Waals surface area contributed by atoms with E-state index < -0.39 is 0 Å². The van der Waals surface area contributed by atoms with Gasteiger partial charge in [0, 0.05) is 37.9 Å². The van der Waals surface area contributed by atoms with Crippen LogP contribution in [0.4, 0.5) is 17.5 Å². The number of nitrogens with one attached hydrogen (secondary N) is 1. The van der Waals surface area contributed by atoms with Gasteiger partial charge in [0.25, 0.3) is 0 Å². The number of hydrogen-bond acceptors (Lipinski definition) is 8. The normalized spacial score (nSPS) is 16.4. The first-order valence-electron chi connectivity index (χ1n) is 12.6. The van der Waals surface area contributed by atoms with Crippen molar-refractivity contribution < 1.29 is 9.53 Å². The molecule has 0 bridgehead atoms. The molecule has 1 fully saturated rings. The van der Waals surface area contributed by atoms with Crippen LogP contribution in [0.5, 0.6) is 0 Å². The van der Waals surface area contributed by atoms with Crippen molar-refractivity contribution in [3.05, 3.63) is 35.7 Å². The van der Waals surface area contributed by atoms with E-state index in [0.29, 0.717) is 37.8 Å². The fourth-order valence-electron chi connectivity index (χ4n) is 4.64. The number of nitrogens with zero attached hydrogens (tertiary/aromatic N) is 6. The molecule has 0 spiro atoms. The third-order valence-electron chi connectivity index (χ3n) is 6.90. The Morgan fingerprint density at radius 3 is 2.61 bits per heavy atom. The predicted octanol–water partition coefficient (Wildman–Crippen LogP) is 4.18. The van der Waals surface area contributed by atoms with Gasteiger partial charge in [-0.1, -0.05) is 32.9 Å². The number of fused-ring (bicyclic) bond motifs is 1. The number of anilines is 3. The zero-order valence-corrected chi connectivity index (χ0v) is 22.8. The van der Waals surface area contributed by atoms with Crippen LogP contribution in [0.15, 0.2) is 24.5 Å². The van der Waals surface area contributed by atoms with E-state index >= 15 is 0 Å². The van der Waals surface area contributed by atoms with Gasteiger partial charge in [-0.3, -0.25) is 9.69 Å². The van der Waals surface area contributed by atoms with E-state index in [-0.39, 0.29) is 23.5 Å². The Morgan fingerprint density at radius 2 is 1.94 bits per heavy atom. The van der Waals surface area contributed by atoms with E-state index in [2.05, 4.69) is 79.8 Å². The Bertz CT molecular complexity index is 1260. The second kappa shape index (κ2) is 9.69. The molecule has 4 rings (SSSR count). The molecule has 0 amide bonds. The van der Waals surface area contributed by atoms with E-state index in [4.69, 9.17) is 14.7 Å². The second-order valence-corrected chi connectivity index (χ2v) is 11.3. The summed E-state index contributed by atoms with van der Waals surface area (Å²) >= 11 is 0. The van der Waals surface area contributed by atoms with Gasteiger partial charge in [0.2, 0.25) is 5.95 Å². The smallest absolute Gasteiger partial charge is 0.320 e. The molecule has 9 nitrogen and oxygen atoms in total. The standard InChI is InChI=1S/C27H39N7O2/c1-9-36-21(35)15-34-13-12-33(16-27(34,6)7)25-30-23-22(32(8)17-28-23)24(31-25)29-20-14-19(26(3,4)5)11-10-18(20)2/h10-11,14,17H,9,12-13,15-16H2,1-8H3,(H,29,30,31). The van der Waals surface area contributed by atoms with E-state index in [1.165, 1.54) is 5.56 Å². The van der Waals surface area contributed by atoms with Crippen LogP contribution in [0.2, 0.25) is 0 Å². The summed E-state index contributed by atoms with van der Waals surface area (Å²) in [5, 5.41) is 3.59. The summed E-state index contributed by atoms with van der Waals surface area (Å²) in [6.45, 7) is 17.6. The topological polar surface area (TPSA) is 88.4 Å². The van der Waals surface area contributed by atoms with Crippen LogP contribution in [0.25, 0.3) is 11.2 Å². The summed E-state index contributed by atoms with van der Waals surface area (Å²) in [6, 6.07) is 6.54. The molecule has 2 aromatic heterocycles. The molecule has 194 valence electrons. The number of rotatable bonds is 6. The maximum Gasteiger partial charge on any atom is 0.320 e. The average Bonchev–Trinajstić information content (AvgIpc) is 3.16.